The lowest BCUT2D eigenvalue weighted by molar-refractivity contribution is -0.134. The van der Waals surface area contributed by atoms with Crippen LogP contribution in [-0.2, 0) is 4.79 Å². The Kier molecular flexibility index (Phi) is 5.25. The summed E-state index contributed by atoms with van der Waals surface area (Å²) in [4.78, 5) is 25.0. The predicted molar refractivity (Wildman–Crippen MR) is 116 cm³/mol. The molecule has 0 bridgehead atoms. The minimum absolute atomic E-state index is 0.251. The zero-order valence-electron chi connectivity index (χ0n) is 16.1. The van der Waals surface area contributed by atoms with E-state index in [-0.39, 0.29) is 11.9 Å². The molecule has 0 saturated heterocycles. The van der Waals surface area contributed by atoms with Gasteiger partial charge in [0.15, 0.2) is 5.75 Å². The van der Waals surface area contributed by atoms with Gasteiger partial charge in [0.25, 0.3) is 5.91 Å². The van der Waals surface area contributed by atoms with Gasteiger partial charge in [0.2, 0.25) is 0 Å². The first-order valence-electron chi connectivity index (χ1n) is 9.67. The van der Waals surface area contributed by atoms with Gasteiger partial charge in [-0.05, 0) is 52.2 Å². The first-order chi connectivity index (χ1) is 14.1. The number of amides is 1. The zero-order chi connectivity index (χ0) is 20.2. The average molecular weight is 383 g/mol. The number of carbonyl (C=O) groups is 2. The van der Waals surface area contributed by atoms with Crippen molar-refractivity contribution in [3.63, 3.8) is 0 Å². The molecule has 4 aromatic rings. The number of hydrogen-bond acceptors (Lipinski definition) is 3. The smallest absolute Gasteiger partial charge is 0.311 e. The summed E-state index contributed by atoms with van der Waals surface area (Å²) < 4.78 is 5.55. The lowest BCUT2D eigenvalue weighted by Gasteiger charge is -2.13. The molecule has 4 rings (SSSR count). The molecule has 0 spiro atoms. The van der Waals surface area contributed by atoms with Gasteiger partial charge in [0.1, 0.15) is 0 Å². The largest absolute Gasteiger partial charge is 0.424 e. The highest BCUT2D eigenvalue weighted by atomic mass is 16.5. The van der Waals surface area contributed by atoms with Gasteiger partial charge in [-0.25, -0.2) is 0 Å². The summed E-state index contributed by atoms with van der Waals surface area (Å²) in [6, 6.07) is 24.8. The molecule has 0 aliphatic carbocycles. The second-order valence-corrected chi connectivity index (χ2v) is 6.94. The molecule has 4 aromatic carbocycles. The van der Waals surface area contributed by atoms with Crippen LogP contribution in [0.4, 0.5) is 5.69 Å². The Hall–Kier alpha value is -3.66. The van der Waals surface area contributed by atoms with Crippen LogP contribution in [0.2, 0.25) is 0 Å². The minimum Gasteiger partial charge on any atom is -0.424 e. The van der Waals surface area contributed by atoms with Gasteiger partial charge in [-0.2, -0.15) is 0 Å². The highest BCUT2D eigenvalue weighted by Gasteiger charge is 2.14. The molecule has 0 heterocycles. The minimum atomic E-state index is -0.316. The van der Waals surface area contributed by atoms with Gasteiger partial charge in [-0.1, -0.05) is 61.5 Å². The molecule has 4 nitrogen and oxygen atoms in total. The van der Waals surface area contributed by atoms with Crippen molar-refractivity contribution in [3.8, 4) is 5.75 Å². The average Bonchev–Trinajstić information content (AvgIpc) is 2.74. The van der Waals surface area contributed by atoms with Crippen molar-refractivity contribution in [3.05, 3.63) is 84.4 Å². The van der Waals surface area contributed by atoms with Crippen LogP contribution in [0, 0.1) is 0 Å². The van der Waals surface area contributed by atoms with Crippen LogP contribution in [0.5, 0.6) is 5.75 Å². The van der Waals surface area contributed by atoms with Crippen LogP contribution < -0.4 is 10.1 Å². The fourth-order valence-electron chi connectivity index (χ4n) is 3.30. The molecular weight excluding hydrogens is 362 g/mol. The van der Waals surface area contributed by atoms with Crippen LogP contribution >= 0.6 is 0 Å². The number of rotatable bonds is 5. The third kappa shape index (κ3) is 4.11. The topological polar surface area (TPSA) is 55.4 Å². The fourth-order valence-corrected chi connectivity index (χ4v) is 3.30. The van der Waals surface area contributed by atoms with Gasteiger partial charge >= 0.3 is 5.97 Å². The molecule has 4 heteroatoms. The SMILES string of the molecule is CCCC(=O)Oc1cc2ccccc2cc1NC(=O)c1ccc2ccccc2c1. The van der Waals surface area contributed by atoms with E-state index >= 15 is 0 Å². The lowest BCUT2D eigenvalue weighted by Crippen LogP contribution is -2.14. The number of hydrogen-bond donors (Lipinski definition) is 1. The Morgan fingerprint density at radius 1 is 0.793 bits per heavy atom. The molecule has 0 atom stereocenters. The van der Waals surface area contributed by atoms with Gasteiger partial charge in [-0.15, -0.1) is 0 Å². The predicted octanol–water partition coefficient (Wildman–Crippen LogP) is 5.95. The van der Waals surface area contributed by atoms with Crippen molar-refractivity contribution in [2.24, 2.45) is 0 Å². The highest BCUT2D eigenvalue weighted by Crippen LogP contribution is 2.31. The maximum Gasteiger partial charge on any atom is 0.311 e. The molecule has 1 N–H and O–H groups in total. The summed E-state index contributed by atoms with van der Waals surface area (Å²) in [5, 5.41) is 6.88. The van der Waals surface area contributed by atoms with Gasteiger partial charge in [-0.3, -0.25) is 9.59 Å². The fraction of sp³-hybridized carbons (Fsp3) is 0.120. The number of esters is 1. The molecule has 0 unspecified atom stereocenters. The van der Waals surface area contributed by atoms with E-state index in [1.54, 1.807) is 12.1 Å². The Labute approximate surface area is 169 Å². The molecule has 0 saturated carbocycles. The van der Waals surface area contributed by atoms with E-state index in [1.165, 1.54) is 0 Å². The van der Waals surface area contributed by atoms with Crippen molar-refractivity contribution in [2.75, 3.05) is 5.32 Å². The Morgan fingerprint density at radius 3 is 2.10 bits per heavy atom. The third-order valence-corrected chi connectivity index (χ3v) is 4.79. The summed E-state index contributed by atoms with van der Waals surface area (Å²) in [6.07, 6.45) is 1.02. The van der Waals surface area contributed by atoms with Gasteiger partial charge < -0.3 is 10.1 Å². The summed E-state index contributed by atoms with van der Waals surface area (Å²) in [5.41, 5.74) is 1.02. The Bertz CT molecular complexity index is 1210. The summed E-state index contributed by atoms with van der Waals surface area (Å²) in [7, 11) is 0. The normalized spacial score (nSPS) is 10.8. The summed E-state index contributed by atoms with van der Waals surface area (Å²) in [6.45, 7) is 1.92. The third-order valence-electron chi connectivity index (χ3n) is 4.79. The molecule has 1 amide bonds. The van der Waals surface area contributed by atoms with E-state index < -0.39 is 0 Å². The number of nitrogens with one attached hydrogen (secondary N) is 1. The van der Waals surface area contributed by atoms with Gasteiger partial charge in [0, 0.05) is 12.0 Å². The van der Waals surface area contributed by atoms with Crippen molar-refractivity contribution in [2.45, 2.75) is 19.8 Å². The molecule has 29 heavy (non-hydrogen) atoms. The first-order valence-corrected chi connectivity index (χ1v) is 9.67. The number of ether oxygens (including phenoxy) is 1. The van der Waals surface area contributed by atoms with Crippen LogP contribution in [0.15, 0.2) is 78.9 Å². The maximum absolute atomic E-state index is 12.9. The van der Waals surface area contributed by atoms with Crippen LogP contribution in [0.25, 0.3) is 21.5 Å². The number of fused-ring (bicyclic) bond motifs is 2. The molecule has 0 radical (unpaired) electrons. The van der Waals surface area contributed by atoms with E-state index in [0.29, 0.717) is 29.8 Å². The van der Waals surface area contributed by atoms with Crippen molar-refractivity contribution in [1.29, 1.82) is 0 Å². The lowest BCUT2D eigenvalue weighted by atomic mass is 10.1. The Balaban J connectivity index is 1.68. The molecule has 0 aliphatic heterocycles. The first kappa shape index (κ1) is 18.7. The maximum atomic E-state index is 12.9. The number of benzene rings is 4. The second-order valence-electron chi connectivity index (χ2n) is 6.94. The van der Waals surface area contributed by atoms with Crippen molar-refractivity contribution >= 4 is 39.1 Å². The molecule has 0 aliphatic rings. The highest BCUT2D eigenvalue weighted by molar-refractivity contribution is 6.08. The van der Waals surface area contributed by atoms with E-state index in [1.807, 2.05) is 73.7 Å². The number of anilines is 1. The monoisotopic (exact) mass is 383 g/mol. The van der Waals surface area contributed by atoms with E-state index in [9.17, 15) is 9.59 Å². The zero-order valence-corrected chi connectivity index (χ0v) is 16.1. The van der Waals surface area contributed by atoms with Crippen LogP contribution in [-0.4, -0.2) is 11.9 Å². The molecule has 0 fully saturated rings. The Morgan fingerprint density at radius 2 is 1.41 bits per heavy atom. The summed E-state index contributed by atoms with van der Waals surface area (Å²) in [5.74, 6) is -0.209. The molecule has 0 aromatic heterocycles. The van der Waals surface area contributed by atoms with E-state index in [0.717, 1.165) is 21.5 Å². The second kappa shape index (κ2) is 8.15. The molecular formula is C25H21NO3. The van der Waals surface area contributed by atoms with E-state index in [4.69, 9.17) is 4.74 Å². The van der Waals surface area contributed by atoms with Crippen molar-refractivity contribution in [1.82, 2.24) is 0 Å². The number of carbonyl (C=O) groups excluding carboxylic acids is 2. The standard InChI is InChI=1S/C25H21NO3/c1-2-7-24(27)29-23-16-20-11-6-5-10-19(20)15-22(23)26-25(28)21-13-12-17-8-3-4-9-18(17)14-21/h3-6,8-16H,2,7H2,1H3,(H,26,28). The van der Waals surface area contributed by atoms with Gasteiger partial charge in [0.05, 0.1) is 5.69 Å². The summed E-state index contributed by atoms with van der Waals surface area (Å²) >= 11 is 0. The molecule has 144 valence electrons. The van der Waals surface area contributed by atoms with Crippen LogP contribution in [0.3, 0.4) is 0 Å². The van der Waals surface area contributed by atoms with Crippen LogP contribution in [0.1, 0.15) is 30.1 Å². The quantitative estimate of drug-likeness (QED) is 0.342. The van der Waals surface area contributed by atoms with E-state index in [2.05, 4.69) is 5.32 Å². The van der Waals surface area contributed by atoms with Crippen molar-refractivity contribution < 1.29 is 14.3 Å².